The van der Waals surface area contributed by atoms with Crippen LogP contribution in [-0.4, -0.2) is 48.1 Å². The Kier molecular flexibility index (Phi) is 5.65. The summed E-state index contributed by atoms with van der Waals surface area (Å²) in [5, 5.41) is 4.25. The summed E-state index contributed by atoms with van der Waals surface area (Å²) in [6, 6.07) is 14.8. The lowest BCUT2D eigenvalue weighted by Gasteiger charge is -2.10. The number of aromatic nitrogens is 7. The maximum atomic E-state index is 12.9. The molecule has 2 aromatic carbocycles. The third-order valence-electron chi connectivity index (χ3n) is 5.77. The number of para-hydroxylation sites is 2. The zero-order chi connectivity index (χ0) is 24.5. The summed E-state index contributed by atoms with van der Waals surface area (Å²) in [6.45, 7) is 0.287. The first-order chi connectivity index (χ1) is 17.0. The molecule has 5 rings (SSSR count). The Morgan fingerprint density at radius 1 is 0.971 bits per heavy atom. The van der Waals surface area contributed by atoms with Gasteiger partial charge in [-0.2, -0.15) is 9.67 Å². The SMILES string of the molecule is COc1ccc(Cc2nc(N)nn2-c2cc(=O)n(Cc3nc4ccccc4n3C)cn2)cc1OC. The van der Waals surface area contributed by atoms with Crippen LogP contribution in [0.1, 0.15) is 17.2 Å². The number of methoxy groups -OCH3 is 2. The molecule has 3 heterocycles. The van der Waals surface area contributed by atoms with Gasteiger partial charge in [0.1, 0.15) is 18.0 Å². The van der Waals surface area contributed by atoms with Crippen molar-refractivity contribution in [2.45, 2.75) is 13.0 Å². The molecule has 0 aliphatic heterocycles. The van der Waals surface area contributed by atoms with E-state index in [1.54, 1.807) is 14.2 Å². The van der Waals surface area contributed by atoms with Gasteiger partial charge in [0.25, 0.3) is 5.56 Å². The molecule has 0 spiro atoms. The number of imidazole rings is 1. The highest BCUT2D eigenvalue weighted by Crippen LogP contribution is 2.28. The van der Waals surface area contributed by atoms with E-state index in [2.05, 4.69) is 20.1 Å². The van der Waals surface area contributed by atoms with Crippen LogP contribution in [0.15, 0.2) is 59.7 Å². The highest BCUT2D eigenvalue weighted by Gasteiger charge is 2.15. The Bertz CT molecular complexity index is 1580. The first-order valence-corrected chi connectivity index (χ1v) is 10.9. The van der Waals surface area contributed by atoms with Gasteiger partial charge in [0, 0.05) is 19.5 Å². The van der Waals surface area contributed by atoms with Gasteiger partial charge in [0.05, 0.1) is 31.8 Å². The average molecular weight is 473 g/mol. The van der Waals surface area contributed by atoms with E-state index in [4.69, 9.17) is 15.2 Å². The van der Waals surface area contributed by atoms with Gasteiger partial charge in [-0.3, -0.25) is 9.36 Å². The minimum Gasteiger partial charge on any atom is -0.493 e. The maximum absolute atomic E-state index is 12.9. The molecule has 5 aromatic rings. The lowest BCUT2D eigenvalue weighted by molar-refractivity contribution is 0.354. The number of aryl methyl sites for hydroxylation is 1. The van der Waals surface area contributed by atoms with Crippen LogP contribution in [0, 0.1) is 0 Å². The number of benzene rings is 2. The third kappa shape index (κ3) is 4.19. The number of nitrogens with zero attached hydrogens (tertiary/aromatic N) is 7. The van der Waals surface area contributed by atoms with Crippen molar-refractivity contribution >= 4 is 17.0 Å². The van der Waals surface area contributed by atoms with E-state index in [-0.39, 0.29) is 18.1 Å². The van der Waals surface area contributed by atoms with Gasteiger partial charge in [-0.15, -0.1) is 5.10 Å². The second-order valence-corrected chi connectivity index (χ2v) is 7.95. The van der Waals surface area contributed by atoms with Crippen LogP contribution in [0.2, 0.25) is 0 Å². The Labute approximate surface area is 200 Å². The zero-order valence-electron chi connectivity index (χ0n) is 19.5. The molecule has 0 aliphatic carbocycles. The molecule has 11 heteroatoms. The van der Waals surface area contributed by atoms with Crippen LogP contribution in [0.5, 0.6) is 11.5 Å². The number of nitrogen functional groups attached to an aromatic ring is 1. The highest BCUT2D eigenvalue weighted by molar-refractivity contribution is 5.75. The van der Waals surface area contributed by atoms with Crippen molar-refractivity contribution in [2.24, 2.45) is 7.05 Å². The molecule has 0 aliphatic rings. The summed E-state index contributed by atoms with van der Waals surface area (Å²) in [4.78, 5) is 26.4. The van der Waals surface area contributed by atoms with Gasteiger partial charge in [0.2, 0.25) is 5.95 Å². The molecule has 3 aromatic heterocycles. The summed E-state index contributed by atoms with van der Waals surface area (Å²) >= 11 is 0. The molecule has 0 amide bonds. The molecule has 0 atom stereocenters. The predicted molar refractivity (Wildman–Crippen MR) is 130 cm³/mol. The number of rotatable bonds is 7. The Morgan fingerprint density at radius 3 is 2.51 bits per heavy atom. The van der Waals surface area contributed by atoms with E-state index in [9.17, 15) is 4.79 Å². The average Bonchev–Trinajstić information content (AvgIpc) is 3.39. The van der Waals surface area contributed by atoms with E-state index in [0.29, 0.717) is 29.6 Å². The lowest BCUT2D eigenvalue weighted by Crippen LogP contribution is -2.23. The standard InChI is InChI=1S/C24H24N8O3/c1-30-17-7-5-4-6-16(17)27-22(30)13-31-14-26-20(12-23(31)33)32-21(28-24(25)29-32)11-15-8-9-18(34-2)19(10-15)35-3/h4-10,12,14H,11,13H2,1-3H3,(H2,25,29). The second-order valence-electron chi connectivity index (χ2n) is 7.95. The lowest BCUT2D eigenvalue weighted by atomic mass is 10.1. The molecule has 0 saturated carbocycles. The highest BCUT2D eigenvalue weighted by atomic mass is 16.5. The molecule has 0 radical (unpaired) electrons. The molecule has 178 valence electrons. The van der Waals surface area contributed by atoms with E-state index >= 15 is 0 Å². The van der Waals surface area contributed by atoms with Crippen LogP contribution >= 0.6 is 0 Å². The Morgan fingerprint density at radius 2 is 1.77 bits per heavy atom. The van der Waals surface area contributed by atoms with Crippen LogP contribution < -0.4 is 20.8 Å². The number of ether oxygens (including phenoxy) is 2. The summed E-state index contributed by atoms with van der Waals surface area (Å²) in [7, 11) is 5.09. The van der Waals surface area contributed by atoms with Crippen LogP contribution in [0.3, 0.4) is 0 Å². The van der Waals surface area contributed by atoms with Crippen LogP contribution in [-0.2, 0) is 20.0 Å². The number of anilines is 1. The monoisotopic (exact) mass is 472 g/mol. The molecular weight excluding hydrogens is 448 g/mol. The smallest absolute Gasteiger partial charge is 0.255 e. The minimum absolute atomic E-state index is 0.0890. The van der Waals surface area contributed by atoms with Gasteiger partial charge in [-0.25, -0.2) is 9.97 Å². The van der Waals surface area contributed by atoms with Gasteiger partial charge in [0.15, 0.2) is 17.3 Å². The molecule has 0 saturated heterocycles. The molecule has 0 unspecified atom stereocenters. The molecule has 2 N–H and O–H groups in total. The molecule has 0 fully saturated rings. The first kappa shape index (κ1) is 22.1. The Hall–Kier alpha value is -4.67. The Balaban J connectivity index is 1.44. The van der Waals surface area contributed by atoms with Crippen LogP contribution in [0.25, 0.3) is 16.9 Å². The van der Waals surface area contributed by atoms with Crippen molar-refractivity contribution in [3.05, 3.63) is 82.4 Å². The summed E-state index contributed by atoms with van der Waals surface area (Å²) in [5.41, 5.74) is 8.43. The minimum atomic E-state index is -0.242. The fourth-order valence-electron chi connectivity index (χ4n) is 3.97. The van der Waals surface area contributed by atoms with Gasteiger partial charge >= 0.3 is 0 Å². The fraction of sp³-hybridized carbons (Fsp3) is 0.208. The summed E-state index contributed by atoms with van der Waals surface area (Å²) < 4.78 is 15.6. The predicted octanol–water partition coefficient (Wildman–Crippen LogP) is 1.95. The molecule has 0 bridgehead atoms. The molecule has 11 nitrogen and oxygen atoms in total. The van der Waals surface area contributed by atoms with Crippen LogP contribution in [0.4, 0.5) is 5.95 Å². The third-order valence-corrected chi connectivity index (χ3v) is 5.77. The van der Waals surface area contributed by atoms with E-state index in [1.807, 2.05) is 54.1 Å². The number of nitrogens with two attached hydrogens (primary N) is 1. The maximum Gasteiger partial charge on any atom is 0.255 e. The van der Waals surface area contributed by atoms with E-state index in [0.717, 1.165) is 22.4 Å². The fourth-order valence-corrected chi connectivity index (χ4v) is 3.97. The quantitative estimate of drug-likeness (QED) is 0.381. The second kappa shape index (κ2) is 8.93. The number of hydrogen-bond acceptors (Lipinski definition) is 8. The van der Waals surface area contributed by atoms with Crippen molar-refractivity contribution in [2.75, 3.05) is 20.0 Å². The van der Waals surface area contributed by atoms with Gasteiger partial charge in [-0.05, 0) is 29.8 Å². The largest absolute Gasteiger partial charge is 0.493 e. The van der Waals surface area contributed by atoms with Crippen molar-refractivity contribution in [3.8, 4) is 17.3 Å². The topological polar surface area (TPSA) is 128 Å². The zero-order valence-corrected chi connectivity index (χ0v) is 19.5. The normalized spacial score (nSPS) is 11.2. The molecular formula is C24H24N8O3. The summed E-state index contributed by atoms with van der Waals surface area (Å²) in [5.74, 6) is 2.94. The van der Waals surface area contributed by atoms with Gasteiger partial charge in [-0.1, -0.05) is 18.2 Å². The number of fused-ring (bicyclic) bond motifs is 1. The van der Waals surface area contributed by atoms with Gasteiger partial charge < -0.3 is 19.8 Å². The van der Waals surface area contributed by atoms with E-state index in [1.165, 1.54) is 21.6 Å². The first-order valence-electron chi connectivity index (χ1n) is 10.9. The van der Waals surface area contributed by atoms with Crippen molar-refractivity contribution in [1.29, 1.82) is 0 Å². The summed E-state index contributed by atoms with van der Waals surface area (Å²) in [6.07, 6.45) is 1.88. The van der Waals surface area contributed by atoms with E-state index < -0.39 is 0 Å². The molecule has 35 heavy (non-hydrogen) atoms. The van der Waals surface area contributed by atoms with Crippen molar-refractivity contribution in [3.63, 3.8) is 0 Å². The van der Waals surface area contributed by atoms with Crippen molar-refractivity contribution in [1.82, 2.24) is 33.9 Å². The van der Waals surface area contributed by atoms with Crippen molar-refractivity contribution < 1.29 is 9.47 Å². The number of hydrogen-bond donors (Lipinski definition) is 1.